The summed E-state index contributed by atoms with van der Waals surface area (Å²) in [7, 11) is 0. The smallest absolute Gasteiger partial charge is 0.265 e. The van der Waals surface area contributed by atoms with Gasteiger partial charge < -0.3 is 10.0 Å². The number of likely N-dealkylation sites (tertiary alicyclic amines) is 1. The maximum atomic E-state index is 12.5. The van der Waals surface area contributed by atoms with Crippen molar-refractivity contribution in [1.29, 1.82) is 0 Å². The number of hydrogen-bond acceptors (Lipinski definition) is 4. The number of nitrogens with zero attached hydrogens (tertiary/aromatic N) is 2. The molecule has 0 saturated carbocycles. The fourth-order valence-corrected chi connectivity index (χ4v) is 3.29. The van der Waals surface area contributed by atoms with Gasteiger partial charge in [0.2, 0.25) is 0 Å². The van der Waals surface area contributed by atoms with Gasteiger partial charge in [0, 0.05) is 25.1 Å². The van der Waals surface area contributed by atoms with E-state index in [9.17, 15) is 9.90 Å². The van der Waals surface area contributed by atoms with Gasteiger partial charge in [-0.2, -0.15) is 0 Å². The first-order valence-electron chi connectivity index (χ1n) is 6.90. The van der Waals surface area contributed by atoms with E-state index in [-0.39, 0.29) is 24.5 Å². The second-order valence-electron chi connectivity index (χ2n) is 5.65. The molecular weight excluding hydrogens is 260 g/mol. The molecule has 1 saturated heterocycles. The molecule has 1 N–H and O–H groups in total. The van der Waals surface area contributed by atoms with Crippen LogP contribution in [0.3, 0.4) is 0 Å². The Bertz CT molecular complexity index is 444. The van der Waals surface area contributed by atoms with Gasteiger partial charge in [-0.05, 0) is 25.7 Å². The van der Waals surface area contributed by atoms with Crippen molar-refractivity contribution >= 4 is 17.2 Å². The molecule has 0 aliphatic carbocycles. The number of hydrogen-bond donors (Lipinski definition) is 1. The predicted octanol–water partition coefficient (Wildman–Crippen LogP) is 2.50. The summed E-state index contributed by atoms with van der Waals surface area (Å²) in [4.78, 5) is 19.4. The Kier molecular flexibility index (Phi) is 4.58. The van der Waals surface area contributed by atoms with Crippen molar-refractivity contribution in [2.45, 2.75) is 45.6 Å². The Morgan fingerprint density at radius 1 is 1.58 bits per heavy atom. The summed E-state index contributed by atoms with van der Waals surface area (Å²) < 4.78 is 0. The van der Waals surface area contributed by atoms with Crippen molar-refractivity contribution in [3.05, 3.63) is 16.1 Å². The molecule has 2 rings (SSSR count). The van der Waals surface area contributed by atoms with Gasteiger partial charge >= 0.3 is 0 Å². The maximum Gasteiger partial charge on any atom is 0.265 e. The molecule has 0 bridgehead atoms. The molecule has 4 nitrogen and oxygen atoms in total. The molecule has 1 aromatic heterocycles. The van der Waals surface area contributed by atoms with Gasteiger partial charge in [0.15, 0.2) is 0 Å². The second kappa shape index (κ2) is 6.01. The van der Waals surface area contributed by atoms with Crippen LogP contribution in [0.4, 0.5) is 0 Å². The van der Waals surface area contributed by atoms with Crippen molar-refractivity contribution < 1.29 is 9.90 Å². The highest BCUT2D eigenvalue weighted by molar-refractivity contribution is 7.13. The zero-order valence-electron chi connectivity index (χ0n) is 11.8. The van der Waals surface area contributed by atoms with Crippen LogP contribution in [-0.4, -0.2) is 40.1 Å². The first kappa shape index (κ1) is 14.5. The van der Waals surface area contributed by atoms with Gasteiger partial charge in [-0.3, -0.25) is 4.79 Å². The van der Waals surface area contributed by atoms with Crippen molar-refractivity contribution in [1.82, 2.24) is 9.88 Å². The summed E-state index contributed by atoms with van der Waals surface area (Å²) in [5, 5.41) is 10.3. The highest BCUT2D eigenvalue weighted by Crippen LogP contribution is 2.27. The summed E-state index contributed by atoms with van der Waals surface area (Å²) in [6.07, 6.45) is 3.66. The Balaban J connectivity index is 2.12. The highest BCUT2D eigenvalue weighted by atomic mass is 32.1. The number of carbonyl (C=O) groups is 1. The van der Waals surface area contributed by atoms with E-state index in [4.69, 9.17) is 0 Å². The van der Waals surface area contributed by atoms with E-state index < -0.39 is 0 Å². The number of amides is 1. The van der Waals surface area contributed by atoms with Gasteiger partial charge in [-0.25, -0.2) is 4.98 Å². The summed E-state index contributed by atoms with van der Waals surface area (Å²) in [6.45, 7) is 7.06. The number of rotatable bonds is 3. The molecule has 1 amide bonds. The van der Waals surface area contributed by atoms with E-state index in [1.165, 1.54) is 11.3 Å². The zero-order valence-corrected chi connectivity index (χ0v) is 12.6. The molecule has 2 heterocycles. The standard InChI is InChI=1S/C14H22N2O2S/c1-9(2)13-15-6-12(19-13)14(18)16-7-11(8-17)5-4-10(16)3/h6,9-11,17H,4-5,7-8H2,1-3H3. The minimum Gasteiger partial charge on any atom is -0.396 e. The van der Waals surface area contributed by atoms with Crippen LogP contribution >= 0.6 is 11.3 Å². The first-order chi connectivity index (χ1) is 9.02. The Hall–Kier alpha value is -0.940. The van der Waals surface area contributed by atoms with Gasteiger partial charge in [0.25, 0.3) is 5.91 Å². The number of carbonyl (C=O) groups excluding carboxylic acids is 1. The number of thiazole rings is 1. The normalized spacial score (nSPS) is 23.9. The lowest BCUT2D eigenvalue weighted by molar-refractivity contribution is 0.0493. The third kappa shape index (κ3) is 3.15. The molecule has 1 aliphatic rings. The van der Waals surface area contributed by atoms with Crippen molar-refractivity contribution in [2.75, 3.05) is 13.2 Å². The summed E-state index contributed by atoms with van der Waals surface area (Å²) >= 11 is 1.49. The monoisotopic (exact) mass is 282 g/mol. The SMILES string of the molecule is CC(C)c1ncc(C(=O)N2CC(CO)CCC2C)s1. The summed E-state index contributed by atoms with van der Waals surface area (Å²) in [5.41, 5.74) is 0. The van der Waals surface area contributed by atoms with Crippen molar-refractivity contribution in [3.8, 4) is 0 Å². The number of aliphatic hydroxyl groups excluding tert-OH is 1. The largest absolute Gasteiger partial charge is 0.396 e. The van der Waals surface area contributed by atoms with Crippen LogP contribution in [0.15, 0.2) is 6.20 Å². The Morgan fingerprint density at radius 2 is 2.32 bits per heavy atom. The quantitative estimate of drug-likeness (QED) is 0.926. The Morgan fingerprint density at radius 3 is 2.89 bits per heavy atom. The van der Waals surface area contributed by atoms with Crippen molar-refractivity contribution in [2.24, 2.45) is 5.92 Å². The fourth-order valence-electron chi connectivity index (χ4n) is 2.41. The molecule has 2 atom stereocenters. The second-order valence-corrected chi connectivity index (χ2v) is 6.71. The topological polar surface area (TPSA) is 53.4 Å². The third-order valence-corrected chi connectivity index (χ3v) is 5.01. The lowest BCUT2D eigenvalue weighted by atomic mass is 9.94. The molecular formula is C14H22N2O2S. The molecule has 0 radical (unpaired) electrons. The number of aliphatic hydroxyl groups is 1. The van der Waals surface area contributed by atoms with Crippen LogP contribution < -0.4 is 0 Å². The fraction of sp³-hybridized carbons (Fsp3) is 0.714. The molecule has 1 fully saturated rings. The molecule has 0 aromatic carbocycles. The zero-order chi connectivity index (χ0) is 14.0. The van der Waals surface area contributed by atoms with Crippen LogP contribution in [0.1, 0.15) is 54.2 Å². The van der Waals surface area contributed by atoms with Gasteiger partial charge in [0.05, 0.1) is 11.2 Å². The van der Waals surface area contributed by atoms with Crippen LogP contribution in [0.2, 0.25) is 0 Å². The molecule has 0 spiro atoms. The van der Waals surface area contributed by atoms with E-state index in [1.54, 1.807) is 6.20 Å². The number of aromatic nitrogens is 1. The van der Waals surface area contributed by atoms with Crippen LogP contribution in [-0.2, 0) is 0 Å². The van der Waals surface area contributed by atoms with E-state index in [0.29, 0.717) is 17.3 Å². The first-order valence-corrected chi connectivity index (χ1v) is 7.72. The van der Waals surface area contributed by atoms with Crippen molar-refractivity contribution in [3.63, 3.8) is 0 Å². The van der Waals surface area contributed by atoms with Gasteiger partial charge in [-0.1, -0.05) is 13.8 Å². The molecule has 2 unspecified atom stereocenters. The van der Waals surface area contributed by atoms with E-state index >= 15 is 0 Å². The van der Waals surface area contributed by atoms with E-state index in [2.05, 4.69) is 25.8 Å². The maximum absolute atomic E-state index is 12.5. The van der Waals surface area contributed by atoms with Gasteiger partial charge in [-0.15, -0.1) is 11.3 Å². The highest BCUT2D eigenvalue weighted by Gasteiger charge is 2.30. The molecule has 106 valence electrons. The Labute approximate surface area is 118 Å². The summed E-state index contributed by atoms with van der Waals surface area (Å²) in [5.74, 6) is 0.642. The van der Waals surface area contributed by atoms with E-state index in [0.717, 1.165) is 17.8 Å². The number of piperidine rings is 1. The summed E-state index contributed by atoms with van der Waals surface area (Å²) in [6, 6.07) is 0.250. The average molecular weight is 282 g/mol. The van der Waals surface area contributed by atoms with Crippen LogP contribution in [0.5, 0.6) is 0 Å². The van der Waals surface area contributed by atoms with Crippen LogP contribution in [0.25, 0.3) is 0 Å². The predicted molar refractivity (Wildman–Crippen MR) is 76.5 cm³/mol. The average Bonchev–Trinajstić information content (AvgIpc) is 2.88. The third-order valence-electron chi connectivity index (χ3n) is 3.73. The lowest BCUT2D eigenvalue weighted by Gasteiger charge is -2.37. The van der Waals surface area contributed by atoms with Gasteiger partial charge in [0.1, 0.15) is 4.88 Å². The minimum atomic E-state index is 0.0649. The molecule has 1 aromatic rings. The van der Waals surface area contributed by atoms with E-state index in [1.807, 2.05) is 4.90 Å². The van der Waals surface area contributed by atoms with Crippen LogP contribution in [0, 0.1) is 5.92 Å². The molecule has 5 heteroatoms. The molecule has 19 heavy (non-hydrogen) atoms. The minimum absolute atomic E-state index is 0.0649. The molecule has 1 aliphatic heterocycles. The lowest BCUT2D eigenvalue weighted by Crippen LogP contribution is -2.46.